The van der Waals surface area contributed by atoms with Crippen molar-refractivity contribution in [2.24, 2.45) is 0 Å². The lowest BCUT2D eigenvalue weighted by Gasteiger charge is -2.17. The third kappa shape index (κ3) is 18.9. The quantitative estimate of drug-likeness (QED) is 0.261. The maximum atomic E-state index is 13.3. The zero-order valence-corrected chi connectivity index (χ0v) is 17.0. The summed E-state index contributed by atoms with van der Waals surface area (Å²) in [6.07, 6.45) is 0. The van der Waals surface area contributed by atoms with Gasteiger partial charge in [-0.15, -0.1) is 0 Å². The Bertz CT molecular complexity index is 314. The van der Waals surface area contributed by atoms with Crippen LogP contribution in [0.1, 0.15) is 13.8 Å². The number of aliphatic hydroxyl groups excluding tert-OH is 2. The standard InChI is InChI=1S/C18H36F2O8/c1-17(19,13-21)15-27-11-9-25-7-5-23-3-4-24-6-8-26-10-12-28-16-18(2,20)14-22/h21-22H,3-16H2,1-2H3. The molecule has 0 fully saturated rings. The molecular weight excluding hydrogens is 382 g/mol. The van der Waals surface area contributed by atoms with Crippen LogP contribution in [-0.4, -0.2) is 114 Å². The summed E-state index contributed by atoms with van der Waals surface area (Å²) in [7, 11) is 0. The third-order valence-corrected chi connectivity index (χ3v) is 3.33. The van der Waals surface area contributed by atoms with Gasteiger partial charge in [0.25, 0.3) is 0 Å². The van der Waals surface area contributed by atoms with Crippen LogP contribution in [-0.2, 0) is 28.4 Å². The predicted molar refractivity (Wildman–Crippen MR) is 98.1 cm³/mol. The molecule has 0 amide bonds. The summed E-state index contributed by atoms with van der Waals surface area (Å²) in [5.74, 6) is 0. The number of hydrogen-bond acceptors (Lipinski definition) is 8. The van der Waals surface area contributed by atoms with E-state index in [9.17, 15) is 8.78 Å². The third-order valence-electron chi connectivity index (χ3n) is 3.33. The molecule has 2 N–H and O–H groups in total. The first-order valence-electron chi connectivity index (χ1n) is 9.39. The second-order valence-electron chi connectivity index (χ2n) is 6.70. The molecule has 0 saturated carbocycles. The summed E-state index contributed by atoms with van der Waals surface area (Å²) >= 11 is 0. The Morgan fingerprint density at radius 3 is 0.929 bits per heavy atom. The van der Waals surface area contributed by atoms with Crippen LogP contribution in [0, 0.1) is 0 Å². The van der Waals surface area contributed by atoms with E-state index >= 15 is 0 Å². The first-order chi connectivity index (χ1) is 13.3. The molecule has 0 bridgehead atoms. The molecule has 170 valence electrons. The summed E-state index contributed by atoms with van der Waals surface area (Å²) in [5, 5.41) is 17.4. The summed E-state index contributed by atoms with van der Waals surface area (Å²) in [4.78, 5) is 0. The van der Waals surface area contributed by atoms with Crippen LogP contribution in [0.15, 0.2) is 0 Å². The van der Waals surface area contributed by atoms with Gasteiger partial charge >= 0.3 is 0 Å². The largest absolute Gasteiger partial charge is 0.393 e. The van der Waals surface area contributed by atoms with Crippen molar-refractivity contribution in [3.63, 3.8) is 0 Å². The first-order valence-corrected chi connectivity index (χ1v) is 9.39. The fourth-order valence-electron chi connectivity index (χ4n) is 1.66. The number of hydrogen-bond donors (Lipinski definition) is 2. The van der Waals surface area contributed by atoms with Crippen LogP contribution in [0.25, 0.3) is 0 Å². The highest BCUT2D eigenvalue weighted by Crippen LogP contribution is 2.09. The summed E-state index contributed by atoms with van der Waals surface area (Å²) < 4.78 is 57.8. The van der Waals surface area contributed by atoms with Gasteiger partial charge in [0, 0.05) is 0 Å². The highest BCUT2D eigenvalue weighted by molar-refractivity contribution is 4.70. The van der Waals surface area contributed by atoms with Crippen molar-refractivity contribution in [2.45, 2.75) is 25.2 Å². The average molecular weight is 418 g/mol. The molecule has 0 radical (unpaired) electrons. The van der Waals surface area contributed by atoms with Crippen LogP contribution >= 0.6 is 0 Å². The summed E-state index contributed by atoms with van der Waals surface area (Å²) in [5.41, 5.74) is -3.45. The maximum Gasteiger partial charge on any atom is 0.154 e. The Morgan fingerprint density at radius 1 is 0.500 bits per heavy atom. The molecule has 0 aliphatic heterocycles. The lowest BCUT2D eigenvalue weighted by molar-refractivity contribution is -0.0417. The zero-order valence-electron chi connectivity index (χ0n) is 17.0. The van der Waals surface area contributed by atoms with Gasteiger partial charge in [-0.3, -0.25) is 0 Å². The van der Waals surface area contributed by atoms with E-state index in [1.165, 1.54) is 13.8 Å². The number of aliphatic hydroxyl groups is 2. The molecule has 0 aliphatic carbocycles. The molecule has 0 spiro atoms. The maximum absolute atomic E-state index is 13.3. The molecule has 10 heteroatoms. The Hall–Kier alpha value is -0.460. The molecule has 2 atom stereocenters. The predicted octanol–water partition coefficient (Wildman–Crippen LogP) is 0.527. The number of ether oxygens (including phenoxy) is 6. The van der Waals surface area contributed by atoms with Crippen LogP contribution in [0.2, 0.25) is 0 Å². The van der Waals surface area contributed by atoms with E-state index < -0.39 is 24.6 Å². The minimum atomic E-state index is -1.72. The van der Waals surface area contributed by atoms with Crippen molar-refractivity contribution in [1.29, 1.82) is 0 Å². The fourth-order valence-corrected chi connectivity index (χ4v) is 1.66. The van der Waals surface area contributed by atoms with E-state index in [0.717, 1.165) is 0 Å². The number of alkyl halides is 2. The zero-order chi connectivity index (χ0) is 21.1. The van der Waals surface area contributed by atoms with Crippen molar-refractivity contribution in [3.05, 3.63) is 0 Å². The lowest BCUT2D eigenvalue weighted by atomic mass is 10.2. The van der Waals surface area contributed by atoms with Crippen molar-refractivity contribution < 1.29 is 47.4 Å². The van der Waals surface area contributed by atoms with Gasteiger partial charge in [0.2, 0.25) is 0 Å². The van der Waals surface area contributed by atoms with E-state index in [-0.39, 0.29) is 26.4 Å². The first kappa shape index (κ1) is 27.5. The second-order valence-corrected chi connectivity index (χ2v) is 6.70. The van der Waals surface area contributed by atoms with E-state index in [0.29, 0.717) is 52.9 Å². The fraction of sp³-hybridized carbons (Fsp3) is 1.00. The SMILES string of the molecule is CC(F)(CO)COCCOCCOCCOCCOCCOCC(C)(F)CO. The summed E-state index contributed by atoms with van der Waals surface area (Å²) in [6.45, 7) is 4.69. The van der Waals surface area contributed by atoms with Crippen molar-refractivity contribution >= 4 is 0 Å². The summed E-state index contributed by atoms with van der Waals surface area (Å²) in [6, 6.07) is 0. The van der Waals surface area contributed by atoms with Crippen molar-refractivity contribution in [1.82, 2.24) is 0 Å². The minimum Gasteiger partial charge on any atom is -0.393 e. The Morgan fingerprint density at radius 2 is 0.714 bits per heavy atom. The normalized spacial score (nSPS) is 16.1. The minimum absolute atomic E-state index is 0.168. The van der Waals surface area contributed by atoms with Crippen molar-refractivity contribution in [2.75, 3.05) is 92.5 Å². The molecule has 0 heterocycles. The highest BCUT2D eigenvalue weighted by Gasteiger charge is 2.22. The van der Waals surface area contributed by atoms with Crippen LogP contribution in [0.4, 0.5) is 8.78 Å². The molecule has 0 aromatic heterocycles. The van der Waals surface area contributed by atoms with Gasteiger partial charge < -0.3 is 38.6 Å². The van der Waals surface area contributed by atoms with Gasteiger partial charge in [0.1, 0.15) is 0 Å². The molecule has 28 heavy (non-hydrogen) atoms. The van der Waals surface area contributed by atoms with Gasteiger partial charge in [0.05, 0.1) is 92.5 Å². The average Bonchev–Trinajstić information content (AvgIpc) is 2.67. The molecule has 0 aliphatic rings. The monoisotopic (exact) mass is 418 g/mol. The van der Waals surface area contributed by atoms with Gasteiger partial charge in [-0.2, -0.15) is 0 Å². The second kappa shape index (κ2) is 17.4. The molecule has 0 aromatic rings. The molecule has 0 aromatic carbocycles. The van der Waals surface area contributed by atoms with Gasteiger partial charge in [-0.05, 0) is 13.8 Å². The van der Waals surface area contributed by atoms with Crippen LogP contribution in [0.3, 0.4) is 0 Å². The molecular formula is C18H36F2O8. The number of rotatable bonds is 21. The van der Waals surface area contributed by atoms with Gasteiger partial charge in [-0.25, -0.2) is 8.78 Å². The van der Waals surface area contributed by atoms with Gasteiger partial charge in [-0.1, -0.05) is 0 Å². The van der Waals surface area contributed by atoms with Crippen LogP contribution in [0.5, 0.6) is 0 Å². The van der Waals surface area contributed by atoms with E-state index in [1.54, 1.807) is 0 Å². The van der Waals surface area contributed by atoms with Crippen LogP contribution < -0.4 is 0 Å². The molecule has 0 saturated heterocycles. The Labute approximate surface area is 166 Å². The molecule has 8 nitrogen and oxygen atoms in total. The van der Waals surface area contributed by atoms with E-state index in [2.05, 4.69) is 0 Å². The topological polar surface area (TPSA) is 95.8 Å². The van der Waals surface area contributed by atoms with E-state index in [1.807, 2.05) is 0 Å². The van der Waals surface area contributed by atoms with E-state index in [4.69, 9.17) is 38.6 Å². The Balaban J connectivity index is 3.14. The highest BCUT2D eigenvalue weighted by atomic mass is 19.1. The number of halogens is 2. The van der Waals surface area contributed by atoms with Crippen molar-refractivity contribution in [3.8, 4) is 0 Å². The molecule has 0 rings (SSSR count). The van der Waals surface area contributed by atoms with Gasteiger partial charge in [0.15, 0.2) is 11.3 Å². The lowest BCUT2D eigenvalue weighted by Crippen LogP contribution is -2.30. The smallest absolute Gasteiger partial charge is 0.154 e. The Kier molecular flexibility index (Phi) is 17.1. The molecule has 2 unspecified atom stereocenters.